The second-order valence-electron chi connectivity index (χ2n) is 4.09. The van der Waals surface area contributed by atoms with Gasteiger partial charge in [0.05, 0.1) is 12.2 Å². The number of carbonyl (C=O) groups is 2. The van der Waals surface area contributed by atoms with Gasteiger partial charge < -0.3 is 9.84 Å². The SMILES string of the molecule is CCCCOC(=O)/C(C#N)=C/c1ccc(C(=O)O)cc1. The van der Waals surface area contributed by atoms with E-state index in [2.05, 4.69) is 0 Å². The molecule has 0 radical (unpaired) electrons. The topological polar surface area (TPSA) is 87.4 Å². The first kappa shape index (κ1) is 15.4. The highest BCUT2D eigenvalue weighted by atomic mass is 16.5. The summed E-state index contributed by atoms with van der Waals surface area (Å²) in [5.74, 6) is -1.69. The molecule has 0 saturated heterocycles. The van der Waals surface area contributed by atoms with E-state index >= 15 is 0 Å². The first-order chi connectivity index (χ1) is 9.58. The van der Waals surface area contributed by atoms with Crippen LogP contribution in [0.2, 0.25) is 0 Å². The first-order valence-corrected chi connectivity index (χ1v) is 6.20. The Morgan fingerprint density at radius 2 is 2.00 bits per heavy atom. The van der Waals surface area contributed by atoms with Crippen LogP contribution in [0.25, 0.3) is 6.08 Å². The van der Waals surface area contributed by atoms with Crippen LogP contribution < -0.4 is 0 Å². The van der Waals surface area contributed by atoms with Crippen molar-refractivity contribution in [2.75, 3.05) is 6.61 Å². The number of hydrogen-bond acceptors (Lipinski definition) is 4. The van der Waals surface area contributed by atoms with Crippen LogP contribution in [-0.2, 0) is 9.53 Å². The highest BCUT2D eigenvalue weighted by Crippen LogP contribution is 2.10. The molecule has 1 aromatic rings. The van der Waals surface area contributed by atoms with E-state index in [9.17, 15) is 9.59 Å². The zero-order valence-corrected chi connectivity index (χ0v) is 11.1. The first-order valence-electron chi connectivity index (χ1n) is 6.20. The van der Waals surface area contributed by atoms with E-state index < -0.39 is 11.9 Å². The minimum absolute atomic E-state index is 0.107. The van der Waals surface area contributed by atoms with Gasteiger partial charge in [0.25, 0.3) is 0 Å². The molecule has 0 heterocycles. The fourth-order valence-corrected chi connectivity index (χ4v) is 1.41. The van der Waals surface area contributed by atoms with Crippen molar-refractivity contribution in [3.8, 4) is 6.07 Å². The number of rotatable bonds is 6. The van der Waals surface area contributed by atoms with E-state index in [0.717, 1.165) is 12.8 Å². The molecule has 20 heavy (non-hydrogen) atoms. The maximum absolute atomic E-state index is 11.6. The Bertz CT molecular complexity index is 552. The Labute approximate surface area is 117 Å². The van der Waals surface area contributed by atoms with Crippen LogP contribution in [0.5, 0.6) is 0 Å². The Morgan fingerprint density at radius 3 is 2.50 bits per heavy atom. The third kappa shape index (κ3) is 4.58. The highest BCUT2D eigenvalue weighted by Gasteiger charge is 2.10. The zero-order valence-electron chi connectivity index (χ0n) is 11.1. The number of aromatic carboxylic acids is 1. The Kier molecular flexibility index (Phi) is 5.98. The normalized spacial score (nSPS) is 10.7. The van der Waals surface area contributed by atoms with Crippen molar-refractivity contribution in [3.05, 3.63) is 41.0 Å². The third-order valence-corrected chi connectivity index (χ3v) is 2.54. The summed E-state index contributed by atoms with van der Waals surface area (Å²) in [4.78, 5) is 22.3. The summed E-state index contributed by atoms with van der Waals surface area (Å²) in [6.07, 6.45) is 3.02. The van der Waals surface area contributed by atoms with Crippen LogP contribution in [0.3, 0.4) is 0 Å². The third-order valence-electron chi connectivity index (χ3n) is 2.54. The lowest BCUT2D eigenvalue weighted by atomic mass is 10.1. The fourth-order valence-electron chi connectivity index (χ4n) is 1.41. The molecule has 1 N–H and O–H groups in total. The van der Waals surface area contributed by atoms with Gasteiger partial charge in [-0.3, -0.25) is 0 Å². The summed E-state index contributed by atoms with van der Waals surface area (Å²) in [6, 6.07) is 7.66. The van der Waals surface area contributed by atoms with E-state index in [1.807, 2.05) is 6.92 Å². The van der Waals surface area contributed by atoms with Crippen molar-refractivity contribution < 1.29 is 19.4 Å². The average molecular weight is 273 g/mol. The minimum Gasteiger partial charge on any atom is -0.478 e. The molecule has 5 heteroatoms. The number of benzene rings is 1. The van der Waals surface area contributed by atoms with Gasteiger partial charge in [-0.15, -0.1) is 0 Å². The number of nitrogens with zero attached hydrogens (tertiary/aromatic N) is 1. The standard InChI is InChI=1S/C15H15NO4/c1-2-3-8-20-15(19)13(10-16)9-11-4-6-12(7-5-11)14(17)18/h4-7,9H,2-3,8H2,1H3,(H,17,18)/b13-9+. The number of carboxylic acids is 1. The number of unbranched alkanes of at least 4 members (excludes halogenated alkanes) is 1. The summed E-state index contributed by atoms with van der Waals surface area (Å²) in [5.41, 5.74) is 0.606. The highest BCUT2D eigenvalue weighted by molar-refractivity contribution is 5.98. The summed E-state index contributed by atoms with van der Waals surface area (Å²) in [6.45, 7) is 2.26. The molecule has 0 aliphatic carbocycles. The van der Waals surface area contributed by atoms with E-state index in [-0.39, 0.29) is 17.7 Å². The van der Waals surface area contributed by atoms with Crippen molar-refractivity contribution in [2.24, 2.45) is 0 Å². The van der Waals surface area contributed by atoms with Crippen molar-refractivity contribution >= 4 is 18.0 Å². The maximum atomic E-state index is 11.6. The van der Waals surface area contributed by atoms with Crippen LogP contribution in [0.4, 0.5) is 0 Å². The number of esters is 1. The summed E-state index contributed by atoms with van der Waals surface area (Å²) >= 11 is 0. The molecule has 0 atom stereocenters. The summed E-state index contributed by atoms with van der Waals surface area (Å²) in [7, 11) is 0. The summed E-state index contributed by atoms with van der Waals surface area (Å²) in [5, 5.41) is 17.7. The number of carboxylic acid groups (broad SMARTS) is 1. The van der Waals surface area contributed by atoms with Gasteiger partial charge in [0, 0.05) is 0 Å². The van der Waals surface area contributed by atoms with Crippen molar-refractivity contribution in [1.29, 1.82) is 5.26 Å². The van der Waals surface area contributed by atoms with Gasteiger partial charge in [-0.1, -0.05) is 25.5 Å². The number of carbonyl (C=O) groups excluding carboxylic acids is 1. The number of nitriles is 1. The smallest absolute Gasteiger partial charge is 0.348 e. The molecule has 0 saturated carbocycles. The summed E-state index contributed by atoms with van der Waals surface area (Å²) < 4.78 is 4.95. The molecular weight excluding hydrogens is 258 g/mol. The lowest BCUT2D eigenvalue weighted by Crippen LogP contribution is -2.07. The molecule has 104 valence electrons. The average Bonchev–Trinajstić information content (AvgIpc) is 2.45. The molecule has 0 unspecified atom stereocenters. The minimum atomic E-state index is -1.03. The van der Waals surface area contributed by atoms with Crippen molar-refractivity contribution in [2.45, 2.75) is 19.8 Å². The van der Waals surface area contributed by atoms with E-state index in [4.69, 9.17) is 15.1 Å². The van der Waals surface area contributed by atoms with Gasteiger partial charge in [-0.05, 0) is 30.2 Å². The number of ether oxygens (including phenoxy) is 1. The predicted octanol–water partition coefficient (Wildman–Crippen LogP) is 2.64. The lowest BCUT2D eigenvalue weighted by Gasteiger charge is -2.02. The molecule has 0 amide bonds. The quantitative estimate of drug-likeness (QED) is 0.372. The van der Waals surface area contributed by atoms with Gasteiger partial charge in [-0.2, -0.15) is 5.26 Å². The molecule has 0 spiro atoms. The predicted molar refractivity (Wildman–Crippen MR) is 72.9 cm³/mol. The molecule has 0 bridgehead atoms. The van der Waals surface area contributed by atoms with Crippen LogP contribution in [0, 0.1) is 11.3 Å². The Hall–Kier alpha value is -2.61. The van der Waals surface area contributed by atoms with Gasteiger partial charge >= 0.3 is 11.9 Å². The van der Waals surface area contributed by atoms with Crippen molar-refractivity contribution in [1.82, 2.24) is 0 Å². The van der Waals surface area contributed by atoms with Gasteiger partial charge in [0.2, 0.25) is 0 Å². The van der Waals surface area contributed by atoms with Gasteiger partial charge in [-0.25, -0.2) is 9.59 Å². The molecule has 1 rings (SSSR count). The van der Waals surface area contributed by atoms with Crippen LogP contribution in [-0.4, -0.2) is 23.7 Å². The molecule has 1 aromatic carbocycles. The van der Waals surface area contributed by atoms with Crippen LogP contribution in [0.15, 0.2) is 29.8 Å². The molecular formula is C15H15NO4. The Balaban J connectivity index is 2.81. The van der Waals surface area contributed by atoms with Gasteiger partial charge in [0.15, 0.2) is 0 Å². The molecule has 0 fully saturated rings. The molecule has 5 nitrogen and oxygen atoms in total. The fraction of sp³-hybridized carbons (Fsp3) is 0.267. The van der Waals surface area contributed by atoms with E-state index in [1.165, 1.54) is 30.3 Å². The second-order valence-corrected chi connectivity index (χ2v) is 4.09. The Morgan fingerprint density at radius 1 is 1.35 bits per heavy atom. The van der Waals surface area contributed by atoms with E-state index in [0.29, 0.717) is 5.56 Å². The second kappa shape index (κ2) is 7.74. The van der Waals surface area contributed by atoms with E-state index in [1.54, 1.807) is 6.07 Å². The zero-order chi connectivity index (χ0) is 15.0. The maximum Gasteiger partial charge on any atom is 0.348 e. The molecule has 0 aliphatic heterocycles. The van der Waals surface area contributed by atoms with Gasteiger partial charge in [0.1, 0.15) is 11.6 Å². The molecule has 0 aliphatic rings. The largest absolute Gasteiger partial charge is 0.478 e. The van der Waals surface area contributed by atoms with Crippen LogP contribution >= 0.6 is 0 Å². The lowest BCUT2D eigenvalue weighted by molar-refractivity contribution is -0.138. The van der Waals surface area contributed by atoms with Crippen molar-refractivity contribution in [3.63, 3.8) is 0 Å². The molecule has 0 aromatic heterocycles. The van der Waals surface area contributed by atoms with Crippen LogP contribution in [0.1, 0.15) is 35.7 Å². The monoisotopic (exact) mass is 273 g/mol. The number of hydrogen-bond donors (Lipinski definition) is 1.